The molecule has 2 aliphatic rings. The number of nitrogens with one attached hydrogen (secondary N) is 3. The smallest absolute Gasteiger partial charge is 0.242 e. The summed E-state index contributed by atoms with van der Waals surface area (Å²) in [7, 11) is 0. The molecule has 0 aromatic heterocycles. The normalized spacial score (nSPS) is 19.6. The van der Waals surface area contributed by atoms with Crippen LogP contribution < -0.4 is 16.0 Å². The molecule has 0 radical (unpaired) electrons. The zero-order chi connectivity index (χ0) is 18.1. The first-order valence-electron chi connectivity index (χ1n) is 9.71. The number of carbonyl (C=O) groups excluding carboxylic acids is 1. The minimum Gasteiger partial charge on any atom is -0.379 e. The Bertz CT molecular complexity index is 437. The molecule has 1 aliphatic heterocycles. The van der Waals surface area contributed by atoms with Crippen LogP contribution in [0.4, 0.5) is 0 Å². The number of hydrogen-bond donors (Lipinski definition) is 3. The van der Waals surface area contributed by atoms with Crippen LogP contribution in [0, 0.1) is 5.92 Å². The monoisotopic (exact) mass is 481 g/mol. The molecule has 152 valence electrons. The summed E-state index contributed by atoms with van der Waals surface area (Å²) in [4.78, 5) is 18.8. The lowest BCUT2D eigenvalue weighted by atomic mass is 10.0. The molecule has 0 bridgehead atoms. The van der Waals surface area contributed by atoms with Crippen molar-refractivity contribution in [2.45, 2.75) is 52.1 Å². The van der Waals surface area contributed by atoms with E-state index in [9.17, 15) is 4.79 Å². The van der Waals surface area contributed by atoms with Crippen LogP contribution in [0.1, 0.15) is 40.0 Å². The SMILES string of the molecule is CCNC(=NCC(=O)NC1CC1)NCC(CC(C)C)N1CCOCC1.I. The summed E-state index contributed by atoms with van der Waals surface area (Å²) < 4.78 is 5.48. The van der Waals surface area contributed by atoms with E-state index in [1.54, 1.807) is 0 Å². The molecule has 0 aromatic rings. The maximum Gasteiger partial charge on any atom is 0.242 e. The summed E-state index contributed by atoms with van der Waals surface area (Å²) in [6.07, 6.45) is 3.34. The molecule has 1 saturated heterocycles. The molecule has 7 nitrogen and oxygen atoms in total. The Balaban J connectivity index is 0.00000338. The molecule has 0 spiro atoms. The van der Waals surface area contributed by atoms with Crippen LogP contribution in [0.15, 0.2) is 4.99 Å². The lowest BCUT2D eigenvalue weighted by molar-refractivity contribution is -0.119. The molecule has 2 rings (SSSR count). The van der Waals surface area contributed by atoms with Gasteiger partial charge in [0.1, 0.15) is 6.54 Å². The Labute approximate surface area is 175 Å². The topological polar surface area (TPSA) is 78.0 Å². The minimum atomic E-state index is 0. The standard InChI is InChI=1S/C18H35N5O2.HI/c1-4-19-18(21-13-17(24)22-15-5-6-15)20-12-16(11-14(2)3)23-7-9-25-10-8-23;/h14-16H,4-13H2,1-3H3,(H,22,24)(H2,19,20,21);1H. The van der Waals surface area contributed by atoms with Gasteiger partial charge in [0.25, 0.3) is 0 Å². The third-order valence-corrected chi connectivity index (χ3v) is 4.48. The van der Waals surface area contributed by atoms with Gasteiger partial charge in [-0.05, 0) is 32.1 Å². The first-order valence-corrected chi connectivity index (χ1v) is 9.71. The van der Waals surface area contributed by atoms with E-state index in [0.717, 1.165) is 64.6 Å². The van der Waals surface area contributed by atoms with Gasteiger partial charge in [-0.1, -0.05) is 13.8 Å². The van der Waals surface area contributed by atoms with Crippen LogP contribution in [-0.2, 0) is 9.53 Å². The van der Waals surface area contributed by atoms with Gasteiger partial charge >= 0.3 is 0 Å². The molecule has 26 heavy (non-hydrogen) atoms. The maximum atomic E-state index is 11.8. The lowest BCUT2D eigenvalue weighted by Crippen LogP contribution is -2.51. The van der Waals surface area contributed by atoms with E-state index in [-0.39, 0.29) is 36.4 Å². The van der Waals surface area contributed by atoms with Crippen LogP contribution >= 0.6 is 24.0 Å². The second-order valence-corrected chi connectivity index (χ2v) is 7.35. The minimum absolute atomic E-state index is 0. The number of morpholine rings is 1. The van der Waals surface area contributed by atoms with Crippen LogP contribution in [0.2, 0.25) is 0 Å². The molecule has 1 atom stereocenters. The van der Waals surface area contributed by atoms with E-state index in [4.69, 9.17) is 4.74 Å². The number of guanidine groups is 1. The summed E-state index contributed by atoms with van der Waals surface area (Å²) in [5.74, 6) is 1.36. The molecule has 1 amide bonds. The predicted molar refractivity (Wildman–Crippen MR) is 116 cm³/mol. The number of rotatable bonds is 9. The summed E-state index contributed by atoms with van der Waals surface area (Å²) in [6, 6.07) is 0.836. The van der Waals surface area contributed by atoms with E-state index in [0.29, 0.717) is 18.0 Å². The van der Waals surface area contributed by atoms with E-state index in [2.05, 4.69) is 39.7 Å². The second kappa shape index (κ2) is 12.7. The summed E-state index contributed by atoms with van der Waals surface area (Å²) in [5, 5.41) is 9.63. The Morgan fingerprint density at radius 2 is 1.92 bits per heavy atom. The van der Waals surface area contributed by atoms with Gasteiger partial charge in [-0.25, -0.2) is 4.99 Å². The number of aliphatic imine (C=N–C) groups is 1. The largest absolute Gasteiger partial charge is 0.379 e. The highest BCUT2D eigenvalue weighted by atomic mass is 127. The fraction of sp³-hybridized carbons (Fsp3) is 0.889. The first-order chi connectivity index (χ1) is 12.1. The second-order valence-electron chi connectivity index (χ2n) is 7.35. The number of amides is 1. The highest BCUT2D eigenvalue weighted by Crippen LogP contribution is 2.18. The third kappa shape index (κ3) is 9.36. The van der Waals surface area contributed by atoms with Crippen molar-refractivity contribution in [2.75, 3.05) is 45.9 Å². The quantitative estimate of drug-likeness (QED) is 0.262. The molecule has 3 N–H and O–H groups in total. The molecular formula is C18H36IN5O2. The summed E-state index contributed by atoms with van der Waals surface area (Å²) in [5.41, 5.74) is 0. The van der Waals surface area contributed by atoms with Gasteiger partial charge in [0.2, 0.25) is 5.91 Å². The number of nitrogens with zero attached hydrogens (tertiary/aromatic N) is 2. The van der Waals surface area contributed by atoms with Crippen molar-refractivity contribution in [3.63, 3.8) is 0 Å². The zero-order valence-electron chi connectivity index (χ0n) is 16.4. The number of hydrogen-bond acceptors (Lipinski definition) is 4. The molecule has 1 saturated carbocycles. The molecule has 1 aliphatic carbocycles. The van der Waals surface area contributed by atoms with Crippen LogP contribution in [-0.4, -0.2) is 74.8 Å². The fourth-order valence-electron chi connectivity index (χ4n) is 3.06. The van der Waals surface area contributed by atoms with Crippen LogP contribution in [0.5, 0.6) is 0 Å². The summed E-state index contributed by atoms with van der Waals surface area (Å²) >= 11 is 0. The van der Waals surface area contributed by atoms with Crippen molar-refractivity contribution < 1.29 is 9.53 Å². The average Bonchev–Trinajstić information content (AvgIpc) is 3.40. The van der Waals surface area contributed by atoms with Crippen molar-refractivity contribution >= 4 is 35.8 Å². The highest BCUT2D eigenvalue weighted by molar-refractivity contribution is 14.0. The van der Waals surface area contributed by atoms with Gasteiger partial charge in [-0.15, -0.1) is 24.0 Å². The summed E-state index contributed by atoms with van der Waals surface area (Å²) in [6.45, 7) is 11.9. The van der Waals surface area contributed by atoms with E-state index >= 15 is 0 Å². The van der Waals surface area contributed by atoms with Gasteiger partial charge in [0.05, 0.1) is 13.2 Å². The van der Waals surface area contributed by atoms with Gasteiger partial charge in [0.15, 0.2) is 5.96 Å². The Morgan fingerprint density at radius 3 is 2.50 bits per heavy atom. The van der Waals surface area contributed by atoms with Gasteiger partial charge in [0, 0.05) is 38.3 Å². The maximum absolute atomic E-state index is 11.8. The lowest BCUT2D eigenvalue weighted by Gasteiger charge is -2.35. The predicted octanol–water partition coefficient (Wildman–Crippen LogP) is 1.19. The Hall–Kier alpha value is -0.610. The molecule has 1 heterocycles. The van der Waals surface area contributed by atoms with Gasteiger partial charge in [-0.3, -0.25) is 9.69 Å². The number of halogens is 1. The fourth-order valence-corrected chi connectivity index (χ4v) is 3.06. The van der Waals surface area contributed by atoms with Crippen molar-refractivity contribution in [1.29, 1.82) is 0 Å². The van der Waals surface area contributed by atoms with Crippen molar-refractivity contribution in [3.8, 4) is 0 Å². The average molecular weight is 481 g/mol. The number of ether oxygens (including phenoxy) is 1. The Morgan fingerprint density at radius 1 is 1.23 bits per heavy atom. The Kier molecular flexibility index (Phi) is 11.5. The zero-order valence-corrected chi connectivity index (χ0v) is 18.8. The number of carbonyl (C=O) groups is 1. The van der Waals surface area contributed by atoms with Crippen molar-refractivity contribution in [3.05, 3.63) is 0 Å². The molecule has 1 unspecified atom stereocenters. The molecule has 0 aromatic carbocycles. The van der Waals surface area contributed by atoms with E-state index < -0.39 is 0 Å². The molecule has 8 heteroatoms. The van der Waals surface area contributed by atoms with Gasteiger partial charge < -0.3 is 20.7 Å². The van der Waals surface area contributed by atoms with Gasteiger partial charge in [-0.2, -0.15) is 0 Å². The van der Waals surface area contributed by atoms with Crippen molar-refractivity contribution in [1.82, 2.24) is 20.9 Å². The van der Waals surface area contributed by atoms with Crippen LogP contribution in [0.25, 0.3) is 0 Å². The van der Waals surface area contributed by atoms with Crippen LogP contribution in [0.3, 0.4) is 0 Å². The first kappa shape index (κ1) is 23.4. The molecule has 2 fully saturated rings. The third-order valence-electron chi connectivity index (χ3n) is 4.48. The van der Waals surface area contributed by atoms with E-state index in [1.807, 2.05) is 6.92 Å². The highest BCUT2D eigenvalue weighted by Gasteiger charge is 2.23. The van der Waals surface area contributed by atoms with E-state index in [1.165, 1.54) is 0 Å². The molecular weight excluding hydrogens is 445 g/mol. The van der Waals surface area contributed by atoms with Crippen molar-refractivity contribution in [2.24, 2.45) is 10.9 Å².